The van der Waals surface area contributed by atoms with Gasteiger partial charge < -0.3 is 10.6 Å². The Hall–Kier alpha value is -1.95. The lowest BCUT2D eigenvalue weighted by molar-refractivity contribution is -0.119. The lowest BCUT2D eigenvalue weighted by Crippen LogP contribution is -2.29. The molecule has 0 saturated heterocycles. The van der Waals surface area contributed by atoms with Crippen molar-refractivity contribution in [3.8, 4) is 0 Å². The quantitative estimate of drug-likeness (QED) is 0.842. The van der Waals surface area contributed by atoms with Gasteiger partial charge in [-0.2, -0.15) is 0 Å². The summed E-state index contributed by atoms with van der Waals surface area (Å²) >= 11 is 1.47. The second kappa shape index (κ2) is 6.84. The van der Waals surface area contributed by atoms with Crippen molar-refractivity contribution in [2.45, 2.75) is 13.3 Å². The molecule has 0 atom stereocenters. The topological polar surface area (TPSA) is 66.9 Å². The predicted molar refractivity (Wildman–Crippen MR) is 76.3 cm³/mol. The third-order valence-corrected chi connectivity index (χ3v) is 3.32. The maximum Gasteiger partial charge on any atom is 0.239 e. The number of benzene rings is 1. The maximum atomic E-state index is 11.3. The summed E-state index contributed by atoms with van der Waals surface area (Å²) in [5.74, 6) is -0.0395. The molecule has 100 valence electrons. The van der Waals surface area contributed by atoms with Gasteiger partial charge in [-0.1, -0.05) is 41.7 Å². The Morgan fingerprint density at radius 3 is 2.79 bits per heavy atom. The molecule has 0 aliphatic carbocycles. The van der Waals surface area contributed by atoms with E-state index in [0.717, 1.165) is 11.4 Å². The number of carbonyl (C=O) groups is 1. The molecule has 0 bridgehead atoms. The van der Waals surface area contributed by atoms with E-state index in [4.69, 9.17) is 0 Å². The summed E-state index contributed by atoms with van der Waals surface area (Å²) in [5.41, 5.74) is 1.20. The predicted octanol–water partition coefficient (Wildman–Crippen LogP) is 1.68. The van der Waals surface area contributed by atoms with E-state index in [1.807, 2.05) is 25.1 Å². The molecule has 0 radical (unpaired) electrons. The summed E-state index contributed by atoms with van der Waals surface area (Å²) in [4.78, 5) is 11.3. The first-order valence-corrected chi connectivity index (χ1v) is 6.96. The van der Waals surface area contributed by atoms with Gasteiger partial charge in [-0.15, -0.1) is 10.2 Å². The zero-order valence-corrected chi connectivity index (χ0v) is 11.5. The molecule has 1 aromatic heterocycles. The van der Waals surface area contributed by atoms with Gasteiger partial charge in [0.15, 0.2) is 0 Å². The molecule has 0 unspecified atom stereocenters. The van der Waals surface area contributed by atoms with Gasteiger partial charge in [0.05, 0.1) is 6.54 Å². The van der Waals surface area contributed by atoms with Crippen LogP contribution in [-0.2, 0) is 11.2 Å². The largest absolute Gasteiger partial charge is 0.355 e. The first-order valence-electron chi connectivity index (χ1n) is 6.15. The van der Waals surface area contributed by atoms with Gasteiger partial charge in [0.2, 0.25) is 11.0 Å². The van der Waals surface area contributed by atoms with Crippen molar-refractivity contribution in [3.05, 3.63) is 40.9 Å². The van der Waals surface area contributed by atoms with Crippen molar-refractivity contribution in [1.29, 1.82) is 0 Å². The molecule has 0 aliphatic rings. The average molecular weight is 276 g/mol. The summed E-state index contributed by atoms with van der Waals surface area (Å²) in [5, 5.41) is 15.4. The number of nitrogens with zero attached hydrogens (tertiary/aromatic N) is 2. The molecule has 5 nitrogen and oxygen atoms in total. The van der Waals surface area contributed by atoms with Crippen LogP contribution >= 0.6 is 11.3 Å². The lowest BCUT2D eigenvalue weighted by atomic mass is 10.2. The third kappa shape index (κ3) is 4.33. The van der Waals surface area contributed by atoms with Crippen molar-refractivity contribution in [3.63, 3.8) is 0 Å². The minimum atomic E-state index is -0.0395. The van der Waals surface area contributed by atoms with E-state index in [9.17, 15) is 4.79 Å². The molecule has 0 saturated carbocycles. The highest BCUT2D eigenvalue weighted by Gasteiger charge is 2.06. The number of likely N-dealkylation sites (N-methyl/N-ethyl adjacent to an activating group) is 1. The monoisotopic (exact) mass is 276 g/mol. The van der Waals surface area contributed by atoms with E-state index >= 15 is 0 Å². The first-order chi connectivity index (χ1) is 9.28. The molecule has 19 heavy (non-hydrogen) atoms. The molecule has 0 fully saturated rings. The van der Waals surface area contributed by atoms with E-state index in [-0.39, 0.29) is 12.5 Å². The summed E-state index contributed by atoms with van der Waals surface area (Å²) in [6.07, 6.45) is 0.765. The summed E-state index contributed by atoms with van der Waals surface area (Å²) in [6.45, 7) is 2.75. The van der Waals surface area contributed by atoms with Crippen LogP contribution in [0.25, 0.3) is 0 Å². The molecular weight excluding hydrogens is 260 g/mol. The highest BCUT2D eigenvalue weighted by Crippen LogP contribution is 2.18. The molecule has 2 aromatic rings. The summed E-state index contributed by atoms with van der Waals surface area (Å²) < 4.78 is 0. The van der Waals surface area contributed by atoms with Gasteiger partial charge >= 0.3 is 0 Å². The van der Waals surface area contributed by atoms with E-state index < -0.39 is 0 Å². The van der Waals surface area contributed by atoms with Gasteiger partial charge in [-0.3, -0.25) is 4.79 Å². The molecule has 0 aliphatic heterocycles. The van der Waals surface area contributed by atoms with Crippen LogP contribution in [0.3, 0.4) is 0 Å². The van der Waals surface area contributed by atoms with Crippen molar-refractivity contribution < 1.29 is 4.79 Å². The van der Waals surface area contributed by atoms with Crippen LogP contribution in [0.1, 0.15) is 17.5 Å². The van der Waals surface area contributed by atoms with Crippen LogP contribution in [0.2, 0.25) is 0 Å². The fraction of sp³-hybridized carbons (Fsp3) is 0.308. The number of rotatable bonds is 6. The number of hydrogen-bond donors (Lipinski definition) is 2. The zero-order chi connectivity index (χ0) is 13.5. The number of nitrogens with one attached hydrogen (secondary N) is 2. The normalized spacial score (nSPS) is 10.2. The van der Waals surface area contributed by atoms with Gasteiger partial charge in [0.1, 0.15) is 5.01 Å². The average Bonchev–Trinajstić information content (AvgIpc) is 2.86. The van der Waals surface area contributed by atoms with Gasteiger partial charge in [0.25, 0.3) is 0 Å². The number of amides is 1. The first kappa shape index (κ1) is 13.5. The number of anilines is 1. The van der Waals surface area contributed by atoms with Crippen LogP contribution in [0.15, 0.2) is 30.3 Å². The zero-order valence-electron chi connectivity index (χ0n) is 10.7. The fourth-order valence-corrected chi connectivity index (χ4v) is 2.35. The highest BCUT2D eigenvalue weighted by molar-refractivity contribution is 7.15. The van der Waals surface area contributed by atoms with Gasteiger partial charge in [0, 0.05) is 13.0 Å². The van der Waals surface area contributed by atoms with Crippen molar-refractivity contribution in [2.75, 3.05) is 18.4 Å². The highest BCUT2D eigenvalue weighted by atomic mass is 32.1. The van der Waals surface area contributed by atoms with Crippen LogP contribution < -0.4 is 10.6 Å². The Morgan fingerprint density at radius 2 is 2.05 bits per heavy atom. The maximum absolute atomic E-state index is 11.3. The molecular formula is C13H16N4OS. The number of carbonyl (C=O) groups excluding carboxylic acids is 1. The van der Waals surface area contributed by atoms with E-state index in [1.54, 1.807) is 0 Å². The molecule has 2 N–H and O–H groups in total. The van der Waals surface area contributed by atoms with Gasteiger partial charge in [-0.05, 0) is 12.5 Å². The Balaban J connectivity index is 1.87. The molecule has 1 aromatic carbocycles. The van der Waals surface area contributed by atoms with Crippen molar-refractivity contribution >= 4 is 22.4 Å². The Morgan fingerprint density at radius 1 is 1.26 bits per heavy atom. The second-order valence-corrected chi connectivity index (χ2v) is 5.03. The number of aromatic nitrogens is 2. The standard InChI is InChI=1S/C13H16N4OS/c1-2-14-11(18)9-15-13-17-16-12(19-13)8-10-6-4-3-5-7-10/h3-7H,2,8-9H2,1H3,(H,14,18)(H,15,17). The summed E-state index contributed by atoms with van der Waals surface area (Å²) in [7, 11) is 0. The van der Waals surface area contributed by atoms with Crippen LogP contribution in [0, 0.1) is 0 Å². The molecule has 6 heteroatoms. The second-order valence-electron chi connectivity index (χ2n) is 3.97. The Kier molecular flexibility index (Phi) is 4.85. The van der Waals surface area contributed by atoms with Gasteiger partial charge in [-0.25, -0.2) is 0 Å². The fourth-order valence-electron chi connectivity index (χ4n) is 1.58. The molecule has 1 heterocycles. The SMILES string of the molecule is CCNC(=O)CNc1nnc(Cc2ccccc2)s1. The van der Waals surface area contributed by atoms with Crippen LogP contribution in [0.5, 0.6) is 0 Å². The van der Waals surface area contributed by atoms with Crippen molar-refractivity contribution in [2.24, 2.45) is 0 Å². The summed E-state index contributed by atoms with van der Waals surface area (Å²) in [6, 6.07) is 10.1. The van der Waals surface area contributed by atoms with E-state index in [0.29, 0.717) is 11.7 Å². The van der Waals surface area contributed by atoms with Crippen LogP contribution in [-0.4, -0.2) is 29.2 Å². The van der Waals surface area contributed by atoms with E-state index in [2.05, 4.69) is 33.0 Å². The smallest absolute Gasteiger partial charge is 0.239 e. The lowest BCUT2D eigenvalue weighted by Gasteiger charge is -2.01. The minimum absolute atomic E-state index is 0.0395. The molecule has 0 spiro atoms. The van der Waals surface area contributed by atoms with E-state index in [1.165, 1.54) is 16.9 Å². The Labute approximate surface area is 116 Å². The number of hydrogen-bond acceptors (Lipinski definition) is 5. The molecule has 1 amide bonds. The minimum Gasteiger partial charge on any atom is -0.355 e. The van der Waals surface area contributed by atoms with Crippen molar-refractivity contribution in [1.82, 2.24) is 15.5 Å². The third-order valence-electron chi connectivity index (χ3n) is 2.44. The van der Waals surface area contributed by atoms with Crippen LogP contribution in [0.4, 0.5) is 5.13 Å². The Bertz CT molecular complexity index is 526. The molecule has 2 rings (SSSR count).